The lowest BCUT2D eigenvalue weighted by Crippen LogP contribution is -2.49. The van der Waals surface area contributed by atoms with Crippen LogP contribution in [0.25, 0.3) is 11.1 Å². The van der Waals surface area contributed by atoms with Crippen LogP contribution in [0.15, 0.2) is 42.7 Å². The molecule has 0 saturated carbocycles. The van der Waals surface area contributed by atoms with Gasteiger partial charge in [0.2, 0.25) is 0 Å². The van der Waals surface area contributed by atoms with Gasteiger partial charge in [-0.15, -0.1) is 0 Å². The summed E-state index contributed by atoms with van der Waals surface area (Å²) in [4.78, 5) is 9.49. The number of anilines is 1. The minimum Gasteiger partial charge on any atom is -0.366 e. The van der Waals surface area contributed by atoms with Gasteiger partial charge in [-0.25, -0.2) is 0 Å². The van der Waals surface area contributed by atoms with Crippen molar-refractivity contribution >= 4 is 5.69 Å². The number of pyridine rings is 1. The summed E-state index contributed by atoms with van der Waals surface area (Å²) in [5, 5.41) is 0. The Balaban J connectivity index is 1.44. The van der Waals surface area contributed by atoms with E-state index in [1.807, 2.05) is 6.20 Å². The number of hydrogen-bond acceptors (Lipinski definition) is 3. The molecule has 0 N–H and O–H groups in total. The van der Waals surface area contributed by atoms with Crippen molar-refractivity contribution in [3.8, 4) is 11.1 Å². The zero-order valence-corrected chi connectivity index (χ0v) is 15.0. The van der Waals surface area contributed by atoms with E-state index in [-0.39, 0.29) is 0 Å². The number of aromatic nitrogens is 1. The van der Waals surface area contributed by atoms with E-state index in [4.69, 9.17) is 0 Å². The van der Waals surface area contributed by atoms with Crippen LogP contribution in [-0.4, -0.2) is 42.1 Å². The van der Waals surface area contributed by atoms with Gasteiger partial charge >= 0.3 is 6.18 Å². The van der Waals surface area contributed by atoms with E-state index in [0.717, 1.165) is 48.0 Å². The predicted molar refractivity (Wildman–Crippen MR) is 98.5 cm³/mol. The number of halogens is 3. The molecule has 1 aromatic heterocycles. The SMILES string of the molecule is FC(F)(F)c1ccc(-c2cncc(N3CC4CC5CC3CN(C5)C4)c2)cc1. The summed E-state index contributed by atoms with van der Waals surface area (Å²) in [7, 11) is 0. The van der Waals surface area contributed by atoms with Gasteiger partial charge in [-0.1, -0.05) is 12.1 Å². The number of piperidine rings is 2. The van der Waals surface area contributed by atoms with E-state index < -0.39 is 11.7 Å². The van der Waals surface area contributed by atoms with Crippen molar-refractivity contribution < 1.29 is 13.2 Å². The van der Waals surface area contributed by atoms with E-state index in [9.17, 15) is 13.2 Å². The van der Waals surface area contributed by atoms with E-state index in [0.29, 0.717) is 12.0 Å². The number of hydrogen-bond donors (Lipinski definition) is 0. The second-order valence-corrected chi connectivity index (χ2v) is 8.24. The van der Waals surface area contributed by atoms with Crippen LogP contribution >= 0.6 is 0 Å². The summed E-state index contributed by atoms with van der Waals surface area (Å²) >= 11 is 0. The minimum absolute atomic E-state index is 0.515. The van der Waals surface area contributed by atoms with Gasteiger partial charge in [0.1, 0.15) is 0 Å². The highest BCUT2D eigenvalue weighted by atomic mass is 19.4. The zero-order valence-electron chi connectivity index (χ0n) is 15.0. The molecule has 6 heteroatoms. The average Bonchev–Trinajstić information content (AvgIpc) is 2.84. The molecule has 27 heavy (non-hydrogen) atoms. The van der Waals surface area contributed by atoms with E-state index in [1.165, 1.54) is 38.1 Å². The Morgan fingerprint density at radius 2 is 1.63 bits per heavy atom. The molecule has 4 bridgehead atoms. The maximum atomic E-state index is 12.8. The van der Waals surface area contributed by atoms with Gasteiger partial charge in [-0.3, -0.25) is 4.98 Å². The Kier molecular flexibility index (Phi) is 3.93. The molecule has 0 aliphatic carbocycles. The minimum atomic E-state index is -4.31. The van der Waals surface area contributed by atoms with Gasteiger partial charge in [0, 0.05) is 44.0 Å². The highest BCUT2D eigenvalue weighted by Gasteiger charge is 2.41. The molecule has 0 amide bonds. The molecule has 3 nitrogen and oxygen atoms in total. The topological polar surface area (TPSA) is 19.4 Å². The third-order valence-electron chi connectivity index (χ3n) is 6.27. The molecular weight excluding hydrogens is 351 g/mol. The van der Waals surface area contributed by atoms with Crippen molar-refractivity contribution in [2.45, 2.75) is 25.1 Å². The monoisotopic (exact) mass is 373 g/mol. The smallest absolute Gasteiger partial charge is 0.366 e. The molecule has 0 radical (unpaired) electrons. The first-order chi connectivity index (χ1) is 13.0. The lowest BCUT2D eigenvalue weighted by Gasteiger charge is -2.41. The van der Waals surface area contributed by atoms with Gasteiger partial charge in [-0.2, -0.15) is 13.2 Å². The van der Waals surface area contributed by atoms with Crippen molar-refractivity contribution in [2.24, 2.45) is 11.8 Å². The summed E-state index contributed by atoms with van der Waals surface area (Å²) in [6.45, 7) is 4.59. The van der Waals surface area contributed by atoms with E-state index in [1.54, 1.807) is 6.20 Å². The molecule has 4 unspecified atom stereocenters. The Morgan fingerprint density at radius 3 is 2.37 bits per heavy atom. The molecule has 4 fully saturated rings. The first kappa shape index (κ1) is 17.0. The van der Waals surface area contributed by atoms with Gasteiger partial charge in [-0.05, 0) is 48.4 Å². The largest absolute Gasteiger partial charge is 0.416 e. The summed E-state index contributed by atoms with van der Waals surface area (Å²) in [5.41, 5.74) is 2.10. The number of nitrogens with zero attached hydrogens (tertiary/aromatic N) is 3. The molecule has 4 atom stereocenters. The van der Waals surface area contributed by atoms with Gasteiger partial charge in [0.05, 0.1) is 17.4 Å². The summed E-state index contributed by atoms with van der Waals surface area (Å²) in [5.74, 6) is 1.50. The van der Waals surface area contributed by atoms with Gasteiger partial charge < -0.3 is 9.80 Å². The second-order valence-electron chi connectivity index (χ2n) is 8.24. The molecule has 142 valence electrons. The Morgan fingerprint density at radius 1 is 0.852 bits per heavy atom. The maximum absolute atomic E-state index is 12.8. The fraction of sp³-hybridized carbons (Fsp3) is 0.476. The summed E-state index contributed by atoms with van der Waals surface area (Å²) in [6, 6.07) is 7.94. The molecule has 4 saturated heterocycles. The third-order valence-corrected chi connectivity index (χ3v) is 6.27. The number of fused-ring (bicyclic) bond motifs is 1. The lowest BCUT2D eigenvalue weighted by molar-refractivity contribution is -0.137. The maximum Gasteiger partial charge on any atom is 0.416 e. The molecule has 4 aliphatic rings. The number of alkyl halides is 3. The molecule has 0 spiro atoms. The standard InChI is InChI=1S/C21H22F3N3/c22-21(23,24)18-3-1-16(2-4-18)17-7-19(9-25-8-17)27-12-15-5-14-6-20(27)13-26(10-14)11-15/h1-4,7-9,14-15,20H,5-6,10-13H2. The second kappa shape index (κ2) is 6.23. The number of rotatable bonds is 2. The van der Waals surface area contributed by atoms with Gasteiger partial charge in [0.15, 0.2) is 0 Å². The molecule has 4 aliphatic heterocycles. The van der Waals surface area contributed by atoms with Crippen LogP contribution in [0.4, 0.5) is 18.9 Å². The predicted octanol–water partition coefficient (Wildman–Crippen LogP) is 4.30. The molecule has 6 rings (SSSR count). The molecule has 1 aromatic carbocycles. The third kappa shape index (κ3) is 3.20. The average molecular weight is 373 g/mol. The first-order valence-electron chi connectivity index (χ1n) is 9.57. The van der Waals surface area contributed by atoms with Crippen molar-refractivity contribution in [1.82, 2.24) is 9.88 Å². The van der Waals surface area contributed by atoms with Crippen LogP contribution < -0.4 is 4.90 Å². The van der Waals surface area contributed by atoms with Crippen LogP contribution in [0.3, 0.4) is 0 Å². The van der Waals surface area contributed by atoms with Crippen molar-refractivity contribution in [1.29, 1.82) is 0 Å². The van der Waals surface area contributed by atoms with E-state index >= 15 is 0 Å². The normalized spacial score (nSPS) is 29.8. The highest BCUT2D eigenvalue weighted by molar-refractivity contribution is 5.67. The van der Waals surface area contributed by atoms with Crippen molar-refractivity contribution in [3.05, 3.63) is 48.3 Å². The Bertz CT molecular complexity index is 819. The van der Waals surface area contributed by atoms with Crippen LogP contribution in [0.5, 0.6) is 0 Å². The molecule has 5 heterocycles. The van der Waals surface area contributed by atoms with E-state index in [2.05, 4.69) is 20.9 Å². The first-order valence-corrected chi connectivity index (χ1v) is 9.57. The molecule has 2 aromatic rings. The van der Waals surface area contributed by atoms with Crippen molar-refractivity contribution in [2.75, 3.05) is 31.1 Å². The summed E-state index contributed by atoms with van der Waals surface area (Å²) in [6.07, 6.45) is 1.87. The summed E-state index contributed by atoms with van der Waals surface area (Å²) < 4.78 is 38.4. The zero-order chi connectivity index (χ0) is 18.6. The van der Waals surface area contributed by atoms with Crippen molar-refractivity contribution in [3.63, 3.8) is 0 Å². The Hall–Kier alpha value is -2.08. The fourth-order valence-corrected chi connectivity index (χ4v) is 5.20. The molecular formula is C21H22F3N3. The van der Waals surface area contributed by atoms with Crippen LogP contribution in [0.1, 0.15) is 18.4 Å². The number of benzene rings is 1. The van der Waals surface area contributed by atoms with Crippen LogP contribution in [0.2, 0.25) is 0 Å². The van der Waals surface area contributed by atoms with Crippen LogP contribution in [-0.2, 0) is 6.18 Å². The fourth-order valence-electron chi connectivity index (χ4n) is 5.20. The highest BCUT2D eigenvalue weighted by Crippen LogP contribution is 2.39. The lowest BCUT2D eigenvalue weighted by atomic mass is 9.84. The van der Waals surface area contributed by atoms with Crippen LogP contribution in [0, 0.1) is 11.8 Å². The van der Waals surface area contributed by atoms with Gasteiger partial charge in [0.25, 0.3) is 0 Å². The quantitative estimate of drug-likeness (QED) is 0.783. The Labute approximate surface area is 156 Å².